The molecule has 0 saturated carbocycles. The van der Waals surface area contributed by atoms with Crippen LogP contribution in [0.5, 0.6) is 0 Å². The summed E-state index contributed by atoms with van der Waals surface area (Å²) in [6, 6.07) is 5.30. The lowest BCUT2D eigenvalue weighted by Crippen LogP contribution is -2.30. The van der Waals surface area contributed by atoms with Gasteiger partial charge in [-0.25, -0.2) is 0 Å². The van der Waals surface area contributed by atoms with Gasteiger partial charge in [-0.05, 0) is 37.5 Å². The van der Waals surface area contributed by atoms with Crippen molar-refractivity contribution in [3.8, 4) is 0 Å². The van der Waals surface area contributed by atoms with Gasteiger partial charge in [-0.15, -0.1) is 0 Å². The highest BCUT2D eigenvalue weighted by molar-refractivity contribution is 7.98. The van der Waals surface area contributed by atoms with Crippen molar-refractivity contribution in [1.82, 2.24) is 0 Å². The van der Waals surface area contributed by atoms with E-state index in [2.05, 4.69) is 0 Å². The Morgan fingerprint density at radius 2 is 1.52 bits per heavy atom. The Balaban J connectivity index is 0. The maximum absolute atomic E-state index is 10.5. The predicted octanol–water partition coefficient (Wildman–Crippen LogP) is 0.740. The summed E-state index contributed by atoms with van der Waals surface area (Å²) < 4.78 is 61.1. The van der Waals surface area contributed by atoms with Crippen LogP contribution >= 0.6 is 11.8 Å². The van der Waals surface area contributed by atoms with Gasteiger partial charge in [0.2, 0.25) is 0 Å². The van der Waals surface area contributed by atoms with Gasteiger partial charge in [0.1, 0.15) is 6.04 Å². The summed E-state index contributed by atoms with van der Waals surface area (Å²) in [6.45, 7) is 1.84. The minimum atomic E-state index is -4.67. The van der Waals surface area contributed by atoms with Crippen molar-refractivity contribution in [1.29, 1.82) is 0 Å². The molecule has 1 aromatic rings. The van der Waals surface area contributed by atoms with Crippen molar-refractivity contribution in [3.63, 3.8) is 0 Å². The molecule has 6 N–H and O–H groups in total. The molecular formula is C12H21NO9S3. The van der Waals surface area contributed by atoms with Crippen LogP contribution in [0.4, 0.5) is 0 Å². The fraction of sp³-hybridized carbons (Fsp3) is 0.417. The van der Waals surface area contributed by atoms with E-state index in [1.54, 1.807) is 23.9 Å². The molecule has 10 nitrogen and oxygen atoms in total. The van der Waals surface area contributed by atoms with Crippen LogP contribution in [-0.4, -0.2) is 59.6 Å². The Morgan fingerprint density at radius 1 is 1.12 bits per heavy atom. The van der Waals surface area contributed by atoms with Crippen molar-refractivity contribution in [2.75, 3.05) is 12.0 Å². The smallest absolute Gasteiger partial charge is 0.394 e. The maximum Gasteiger partial charge on any atom is 0.394 e. The van der Waals surface area contributed by atoms with Crippen molar-refractivity contribution < 1.29 is 40.4 Å². The lowest BCUT2D eigenvalue weighted by molar-refractivity contribution is -0.138. The number of hydrogen-bond donors (Lipinski definition) is 5. The molecule has 0 unspecified atom stereocenters. The van der Waals surface area contributed by atoms with Crippen LogP contribution in [0.15, 0.2) is 29.2 Å². The zero-order chi connectivity index (χ0) is 20.3. The first-order chi connectivity index (χ1) is 11.2. The highest BCUT2D eigenvalue weighted by Crippen LogP contribution is 2.08. The Labute approximate surface area is 150 Å². The largest absolute Gasteiger partial charge is 0.480 e. The van der Waals surface area contributed by atoms with Crippen LogP contribution in [0.25, 0.3) is 0 Å². The quantitative estimate of drug-likeness (QED) is 0.423. The first-order valence-corrected chi connectivity index (χ1v) is 10.6. The van der Waals surface area contributed by atoms with Crippen LogP contribution in [0.2, 0.25) is 0 Å². The number of aliphatic carboxylic acids is 1. The molecule has 0 aliphatic carbocycles. The second-order valence-corrected chi connectivity index (χ2v) is 7.76. The Morgan fingerprint density at radius 3 is 1.80 bits per heavy atom. The van der Waals surface area contributed by atoms with Gasteiger partial charge >= 0.3 is 16.4 Å². The van der Waals surface area contributed by atoms with E-state index in [1.807, 2.05) is 13.2 Å². The fourth-order valence-electron chi connectivity index (χ4n) is 1.08. The third-order valence-corrected chi connectivity index (χ3v) is 3.78. The van der Waals surface area contributed by atoms with Gasteiger partial charge in [-0.3, -0.25) is 18.5 Å². The second kappa shape index (κ2) is 12.2. The molecule has 1 aromatic carbocycles. The predicted molar refractivity (Wildman–Crippen MR) is 93.8 cm³/mol. The van der Waals surface area contributed by atoms with Crippen molar-refractivity contribution in [2.24, 2.45) is 5.73 Å². The summed E-state index contributed by atoms with van der Waals surface area (Å²) in [5.41, 5.74) is 6.15. The lowest BCUT2D eigenvalue weighted by atomic mass is 10.2. The molecule has 0 amide bonds. The van der Waals surface area contributed by atoms with E-state index in [0.29, 0.717) is 6.42 Å². The van der Waals surface area contributed by atoms with Gasteiger partial charge in [-0.2, -0.15) is 28.6 Å². The minimum absolute atomic E-state index is 0.0666. The van der Waals surface area contributed by atoms with Crippen molar-refractivity contribution >= 4 is 38.2 Å². The van der Waals surface area contributed by atoms with Gasteiger partial charge in [0.05, 0.1) is 4.90 Å². The SMILES string of the molecule is CSCC[C@H](N)C(=O)O.Cc1ccc(S(=O)(=O)O)cc1.O=S(=O)(O)O. The van der Waals surface area contributed by atoms with Crippen LogP contribution in [0, 0.1) is 6.92 Å². The third kappa shape index (κ3) is 19.0. The Bertz CT molecular complexity index is 707. The number of carboxylic acid groups (broad SMARTS) is 1. The topological polar surface area (TPSA) is 192 Å². The third-order valence-electron chi connectivity index (χ3n) is 2.27. The molecule has 0 aliphatic rings. The molecular weight excluding hydrogens is 398 g/mol. The highest BCUT2D eigenvalue weighted by Gasteiger charge is 2.09. The molecule has 0 aromatic heterocycles. The van der Waals surface area contributed by atoms with E-state index < -0.39 is 32.5 Å². The van der Waals surface area contributed by atoms with Crippen molar-refractivity contribution in [2.45, 2.75) is 24.3 Å². The van der Waals surface area contributed by atoms with E-state index in [9.17, 15) is 13.2 Å². The minimum Gasteiger partial charge on any atom is -0.480 e. The van der Waals surface area contributed by atoms with Crippen LogP contribution in [0.1, 0.15) is 12.0 Å². The van der Waals surface area contributed by atoms with Crippen LogP contribution < -0.4 is 5.73 Å². The van der Waals surface area contributed by atoms with Gasteiger partial charge in [-0.1, -0.05) is 17.7 Å². The van der Waals surface area contributed by atoms with E-state index in [-0.39, 0.29) is 4.90 Å². The number of carbonyl (C=O) groups is 1. The fourth-order valence-corrected chi connectivity index (χ4v) is 2.05. The van der Waals surface area contributed by atoms with E-state index in [0.717, 1.165) is 11.3 Å². The Hall–Kier alpha value is -1.22. The molecule has 0 bridgehead atoms. The van der Waals surface area contributed by atoms with Gasteiger partial charge in [0, 0.05) is 0 Å². The summed E-state index contributed by atoms with van der Waals surface area (Å²) in [5.74, 6) is -0.1000. The standard InChI is InChI=1S/C7H8O3S.C5H11NO2S.H2O4S/c1-6-2-4-7(5-3-6)11(8,9)10;1-9-3-2-4(6)5(7)8;1-5(2,3)4/h2-5H,1H3,(H,8,9,10);4H,2-3,6H2,1H3,(H,7,8);(H2,1,2,3,4)/t;4-;/m.0./s1. The molecule has 1 atom stereocenters. The van der Waals surface area contributed by atoms with Crippen LogP contribution in [0.3, 0.4) is 0 Å². The molecule has 25 heavy (non-hydrogen) atoms. The van der Waals surface area contributed by atoms with Gasteiger partial charge < -0.3 is 10.8 Å². The number of benzene rings is 1. The number of thioether (sulfide) groups is 1. The van der Waals surface area contributed by atoms with Crippen LogP contribution in [-0.2, 0) is 25.3 Å². The summed E-state index contributed by atoms with van der Waals surface area (Å²) in [6.07, 6.45) is 2.48. The number of nitrogens with two attached hydrogens (primary N) is 1. The molecule has 13 heteroatoms. The molecule has 0 aliphatic heterocycles. The normalized spacial score (nSPS) is 12.1. The van der Waals surface area contributed by atoms with Crippen molar-refractivity contribution in [3.05, 3.63) is 29.8 Å². The summed E-state index contributed by atoms with van der Waals surface area (Å²) in [7, 11) is -8.69. The second-order valence-electron chi connectivity index (χ2n) is 4.46. The van der Waals surface area contributed by atoms with E-state index >= 15 is 0 Å². The number of hydrogen-bond acceptors (Lipinski definition) is 7. The Kier molecular flexibility index (Phi) is 12.7. The highest BCUT2D eigenvalue weighted by atomic mass is 32.3. The monoisotopic (exact) mass is 419 g/mol. The summed E-state index contributed by atoms with van der Waals surface area (Å²) >= 11 is 1.60. The number of aryl methyl sites for hydroxylation is 1. The average molecular weight is 419 g/mol. The average Bonchev–Trinajstić information content (AvgIpc) is 2.43. The summed E-state index contributed by atoms with van der Waals surface area (Å²) in [4.78, 5) is 10.0. The molecule has 1 rings (SSSR count). The molecule has 0 spiro atoms. The first kappa shape index (κ1) is 26.0. The van der Waals surface area contributed by atoms with E-state index in [1.165, 1.54) is 12.1 Å². The molecule has 0 fully saturated rings. The molecule has 0 radical (unpaired) electrons. The molecule has 0 saturated heterocycles. The van der Waals surface area contributed by atoms with Gasteiger partial charge in [0.25, 0.3) is 10.1 Å². The maximum atomic E-state index is 10.5. The zero-order valence-corrected chi connectivity index (χ0v) is 15.9. The first-order valence-electron chi connectivity index (χ1n) is 6.39. The molecule has 0 heterocycles. The van der Waals surface area contributed by atoms with E-state index in [4.69, 9.17) is 32.9 Å². The number of rotatable bonds is 5. The molecule has 146 valence electrons. The summed E-state index contributed by atoms with van der Waals surface area (Å²) in [5, 5.41) is 8.27. The number of carboxylic acids is 1. The van der Waals surface area contributed by atoms with Gasteiger partial charge in [0.15, 0.2) is 0 Å². The lowest BCUT2D eigenvalue weighted by Gasteiger charge is -2.02. The zero-order valence-electron chi connectivity index (χ0n) is 13.4.